The molecule has 0 bridgehead atoms. The van der Waals surface area contributed by atoms with Gasteiger partial charge < -0.3 is 59.6 Å². The minimum atomic E-state index is -1.94. The third-order valence-electron chi connectivity index (χ3n) is 12.8. The average Bonchev–Trinajstić information content (AvgIpc) is 3.73. The number of likely N-dealkylation sites (tertiary alicyclic amines) is 1. The minimum absolute atomic E-state index is 0.0172. The third kappa shape index (κ3) is 18.6. The van der Waals surface area contributed by atoms with E-state index in [0.29, 0.717) is 24.4 Å². The van der Waals surface area contributed by atoms with E-state index in [1.165, 1.54) is 18.2 Å². The van der Waals surface area contributed by atoms with Gasteiger partial charge in [-0.15, -0.1) is 0 Å². The third-order valence-corrected chi connectivity index (χ3v) is 12.8. The zero-order valence-electron chi connectivity index (χ0n) is 41.9. The number of imide groups is 1. The van der Waals surface area contributed by atoms with Gasteiger partial charge in [-0.2, -0.15) is 0 Å². The van der Waals surface area contributed by atoms with Crippen LogP contribution in [0.4, 0.5) is 5.69 Å². The molecule has 404 valence electrons. The molecular formula is C54H68N5O16+. The molecule has 1 aromatic heterocycles. The highest BCUT2D eigenvalue weighted by atomic mass is 16.7. The van der Waals surface area contributed by atoms with E-state index >= 15 is 0 Å². The SMILES string of the molecule is O=C(/C=C/c1ccc[n+](Cc2ccc(O[C@@H]3O[C@H](C(=O)O)[C@@H](O)[C@H](O)[C@H]3O)c(NC(=O)CCNC(=O)CCOCCOCCOCCN3C(=O)C=CC3=O)c2)c1)CCCCCC1CCN(C(=O)c2ccccc2)CC1. The molecule has 5 amide bonds. The van der Waals surface area contributed by atoms with E-state index in [2.05, 4.69) is 10.6 Å². The molecule has 2 saturated heterocycles. The lowest BCUT2D eigenvalue weighted by Crippen LogP contribution is -2.61. The van der Waals surface area contributed by atoms with Gasteiger partial charge in [0, 0.05) is 73.8 Å². The topological polar surface area (TPSA) is 281 Å². The second kappa shape index (κ2) is 30.0. The predicted octanol–water partition coefficient (Wildman–Crippen LogP) is 2.19. The Hall–Kier alpha value is -6.72. The molecule has 21 heteroatoms. The van der Waals surface area contributed by atoms with Gasteiger partial charge in [-0.25, -0.2) is 9.36 Å². The highest BCUT2D eigenvalue weighted by Crippen LogP contribution is 2.31. The Morgan fingerprint density at radius 3 is 2.19 bits per heavy atom. The van der Waals surface area contributed by atoms with Crippen LogP contribution in [0.3, 0.4) is 0 Å². The molecule has 2 aromatic carbocycles. The Balaban J connectivity index is 0.924. The van der Waals surface area contributed by atoms with Crippen molar-refractivity contribution in [1.29, 1.82) is 0 Å². The van der Waals surface area contributed by atoms with Crippen LogP contribution in [0.2, 0.25) is 0 Å². The van der Waals surface area contributed by atoms with E-state index < -0.39 is 42.6 Å². The number of carboxylic acid groups (broad SMARTS) is 1. The van der Waals surface area contributed by atoms with Gasteiger partial charge in [0.25, 0.3) is 17.7 Å². The van der Waals surface area contributed by atoms with Gasteiger partial charge in [-0.3, -0.25) is 33.7 Å². The molecule has 2 fully saturated rings. The maximum Gasteiger partial charge on any atom is 0.335 e. The number of aliphatic hydroxyl groups excluding tert-OH is 3. The molecule has 6 N–H and O–H groups in total. The maximum atomic E-state index is 13.3. The van der Waals surface area contributed by atoms with Gasteiger partial charge >= 0.3 is 5.97 Å². The normalized spacial score (nSPS) is 19.9. The number of anilines is 1. The van der Waals surface area contributed by atoms with Crippen molar-refractivity contribution >= 4 is 53.1 Å². The summed E-state index contributed by atoms with van der Waals surface area (Å²) in [5, 5.41) is 46.2. The number of ketones is 1. The van der Waals surface area contributed by atoms with Crippen LogP contribution < -0.4 is 19.9 Å². The number of carbonyl (C=O) groups is 7. The number of ether oxygens (including phenoxy) is 5. The lowest BCUT2D eigenvalue weighted by atomic mass is 9.90. The van der Waals surface area contributed by atoms with Gasteiger partial charge in [0.1, 0.15) is 24.1 Å². The van der Waals surface area contributed by atoms with Crippen molar-refractivity contribution in [2.24, 2.45) is 5.92 Å². The van der Waals surface area contributed by atoms with Crippen molar-refractivity contribution in [2.45, 2.75) is 95.0 Å². The number of hydrogen-bond donors (Lipinski definition) is 6. The highest BCUT2D eigenvalue weighted by Gasteiger charge is 2.48. The van der Waals surface area contributed by atoms with E-state index in [1.807, 2.05) is 64.3 Å². The second-order valence-corrected chi connectivity index (χ2v) is 18.4. The zero-order chi connectivity index (χ0) is 53.5. The summed E-state index contributed by atoms with van der Waals surface area (Å²) in [6.45, 7) is 3.20. The van der Waals surface area contributed by atoms with Crippen LogP contribution in [0.15, 0.2) is 91.3 Å². The summed E-state index contributed by atoms with van der Waals surface area (Å²) in [5.74, 6) is -2.60. The first-order valence-corrected chi connectivity index (χ1v) is 25.4. The van der Waals surface area contributed by atoms with Crippen LogP contribution in [0.1, 0.15) is 79.3 Å². The Kier molecular flexibility index (Phi) is 23.0. The number of aliphatic hydroxyl groups is 3. The molecule has 3 aliphatic heterocycles. The van der Waals surface area contributed by atoms with Crippen molar-refractivity contribution in [2.75, 3.05) is 71.1 Å². The van der Waals surface area contributed by atoms with E-state index in [4.69, 9.17) is 23.7 Å². The molecule has 4 heterocycles. The van der Waals surface area contributed by atoms with Crippen LogP contribution in [0, 0.1) is 5.92 Å². The average molecular weight is 1040 g/mol. The van der Waals surface area contributed by atoms with Crippen molar-refractivity contribution in [3.05, 3.63) is 108 Å². The van der Waals surface area contributed by atoms with Crippen molar-refractivity contribution in [3.8, 4) is 5.75 Å². The van der Waals surface area contributed by atoms with Gasteiger partial charge in [0.2, 0.25) is 18.1 Å². The number of carbonyl (C=O) groups excluding carboxylic acids is 6. The number of carboxylic acids is 1. The van der Waals surface area contributed by atoms with Gasteiger partial charge in [0.05, 0.1) is 51.9 Å². The fourth-order valence-corrected chi connectivity index (χ4v) is 8.60. The van der Waals surface area contributed by atoms with E-state index in [0.717, 1.165) is 67.6 Å². The number of benzene rings is 2. The number of amides is 5. The molecule has 21 nitrogen and oxygen atoms in total. The summed E-state index contributed by atoms with van der Waals surface area (Å²) in [6.07, 6.45) is 6.15. The second-order valence-electron chi connectivity index (χ2n) is 18.4. The summed E-state index contributed by atoms with van der Waals surface area (Å²) in [4.78, 5) is 89.2. The van der Waals surface area contributed by atoms with Crippen molar-refractivity contribution < 1.29 is 82.2 Å². The van der Waals surface area contributed by atoms with Crippen LogP contribution in [-0.4, -0.2) is 168 Å². The summed E-state index contributed by atoms with van der Waals surface area (Å²) in [5.41, 5.74) is 2.27. The summed E-state index contributed by atoms with van der Waals surface area (Å²) < 4.78 is 29.3. The Morgan fingerprint density at radius 1 is 0.760 bits per heavy atom. The number of unbranched alkanes of at least 4 members (excludes halogenated alkanes) is 2. The summed E-state index contributed by atoms with van der Waals surface area (Å²) in [6, 6.07) is 17.8. The highest BCUT2D eigenvalue weighted by molar-refractivity contribution is 6.12. The fourth-order valence-electron chi connectivity index (χ4n) is 8.60. The van der Waals surface area contributed by atoms with Crippen LogP contribution >= 0.6 is 0 Å². The number of hydrogen-bond acceptors (Lipinski definition) is 15. The van der Waals surface area contributed by atoms with E-state index in [1.54, 1.807) is 24.3 Å². The largest absolute Gasteiger partial charge is 0.479 e. The lowest BCUT2D eigenvalue weighted by Gasteiger charge is -2.38. The van der Waals surface area contributed by atoms with Crippen molar-refractivity contribution in [3.63, 3.8) is 0 Å². The number of piperidine rings is 1. The molecule has 0 unspecified atom stereocenters. The number of allylic oxidation sites excluding steroid dienone is 1. The lowest BCUT2D eigenvalue weighted by molar-refractivity contribution is -0.688. The molecule has 6 rings (SSSR count). The molecule has 75 heavy (non-hydrogen) atoms. The van der Waals surface area contributed by atoms with E-state index in [-0.39, 0.29) is 106 Å². The predicted molar refractivity (Wildman–Crippen MR) is 269 cm³/mol. The Morgan fingerprint density at radius 2 is 1.47 bits per heavy atom. The number of rotatable bonds is 30. The molecule has 0 saturated carbocycles. The molecule has 0 aliphatic carbocycles. The van der Waals surface area contributed by atoms with Gasteiger partial charge in [-0.1, -0.05) is 37.5 Å². The quantitative estimate of drug-likeness (QED) is 0.0242. The first kappa shape index (κ1) is 57.6. The summed E-state index contributed by atoms with van der Waals surface area (Å²) in [7, 11) is 0. The minimum Gasteiger partial charge on any atom is -0.479 e. The van der Waals surface area contributed by atoms with Crippen LogP contribution in [0.25, 0.3) is 6.08 Å². The molecule has 0 radical (unpaired) electrons. The maximum absolute atomic E-state index is 13.3. The molecular weight excluding hydrogens is 975 g/mol. The number of aromatic nitrogens is 1. The standard InChI is InChI=1S/C54H67N5O16/c60-41(12-6-1-3-8-37-20-25-58(26-21-37)52(68)40-10-4-2-5-11-40)15-13-38-9-7-24-57(35-38)36-39-14-16-43(74-54-50(67)48(65)49(66)51(75-54)53(69)70)42(34-39)56-45(62)19-23-55-44(61)22-28-71-30-32-73-33-31-72-29-27-59-46(63)17-18-47(59)64/h2,4-5,7,9-11,13-18,24,34-35,37,48-51,54,65-67H,1,3,6,8,12,19-23,25-33,36H2,(H2-,55,56,61,62,69,70)/p+1/b15-13+/t48-,49-,50+,51-,54+/m0/s1. The molecule has 5 atom stereocenters. The van der Waals surface area contributed by atoms with Crippen LogP contribution in [-0.2, 0) is 54.3 Å². The molecule has 3 aliphatic rings. The number of nitrogens with one attached hydrogen (secondary N) is 2. The first-order chi connectivity index (χ1) is 36.2. The monoisotopic (exact) mass is 1040 g/mol. The Labute approximate surface area is 435 Å². The van der Waals surface area contributed by atoms with Gasteiger partial charge in [-0.05, 0) is 73.7 Å². The number of pyridine rings is 1. The summed E-state index contributed by atoms with van der Waals surface area (Å²) >= 11 is 0. The Bertz CT molecular complexity index is 2440. The van der Waals surface area contributed by atoms with E-state index in [9.17, 15) is 54.0 Å². The molecule has 3 aromatic rings. The van der Waals surface area contributed by atoms with Gasteiger partial charge in [0.15, 0.2) is 30.8 Å². The fraction of sp³-hybridized carbons (Fsp3) is 0.481. The smallest absolute Gasteiger partial charge is 0.335 e. The molecule has 0 spiro atoms. The van der Waals surface area contributed by atoms with Crippen LogP contribution in [0.5, 0.6) is 5.75 Å². The zero-order valence-corrected chi connectivity index (χ0v) is 41.9. The first-order valence-electron chi connectivity index (χ1n) is 25.4. The number of nitrogens with zero attached hydrogens (tertiary/aromatic N) is 3. The number of aliphatic carboxylic acids is 1. The van der Waals surface area contributed by atoms with Crippen molar-refractivity contribution in [1.82, 2.24) is 15.1 Å².